The van der Waals surface area contributed by atoms with Crippen molar-refractivity contribution in [2.45, 2.75) is 71.1 Å². The molecule has 4 N–H and O–H groups in total. The van der Waals surface area contributed by atoms with E-state index >= 15 is 0 Å². The molecule has 0 atom stereocenters. The highest BCUT2D eigenvalue weighted by Gasteiger charge is 2.10. The number of phenols is 1. The van der Waals surface area contributed by atoms with Crippen LogP contribution in [0, 0.1) is 0 Å². The summed E-state index contributed by atoms with van der Waals surface area (Å²) < 4.78 is 0. The predicted octanol–water partition coefficient (Wildman–Crippen LogP) is 4.78. The van der Waals surface area contributed by atoms with Gasteiger partial charge in [-0.3, -0.25) is 4.79 Å². The lowest BCUT2D eigenvalue weighted by Crippen LogP contribution is -2.01. The Morgan fingerprint density at radius 3 is 1.48 bits per heavy atom. The molecule has 0 aliphatic heterocycles. The standard InChI is InChI=1S/C12H24O2.C8H6O5/c1-2-3-4-5-6-7-8-9-10-11-12(13)14;9-6-2-4(7(10)11)1-5(3-6)8(12)13/h2-11H2,1H3,(H,13,14);1-3,9H,(H,10,11)(H,12,13). The number of aliphatic carboxylic acids is 1. The highest BCUT2D eigenvalue weighted by molar-refractivity contribution is 5.94. The Morgan fingerprint density at radius 1 is 0.704 bits per heavy atom. The molecule has 0 fully saturated rings. The Balaban J connectivity index is 0.000000501. The smallest absolute Gasteiger partial charge is 0.335 e. The Hall–Kier alpha value is -2.57. The number of hydrogen-bond donors (Lipinski definition) is 4. The number of phenolic OH excluding ortho intramolecular Hbond substituents is 1. The molecule has 152 valence electrons. The van der Waals surface area contributed by atoms with Crippen LogP contribution in [-0.2, 0) is 4.79 Å². The summed E-state index contributed by atoms with van der Waals surface area (Å²) in [4.78, 5) is 31.1. The van der Waals surface area contributed by atoms with Crippen LogP contribution in [0.1, 0.15) is 91.8 Å². The van der Waals surface area contributed by atoms with Gasteiger partial charge < -0.3 is 20.4 Å². The van der Waals surface area contributed by atoms with Crippen LogP contribution in [0.4, 0.5) is 0 Å². The second-order valence-electron chi connectivity index (χ2n) is 6.35. The largest absolute Gasteiger partial charge is 0.508 e. The molecule has 7 heteroatoms. The molecular formula is C20H30O7. The van der Waals surface area contributed by atoms with Crippen molar-refractivity contribution in [1.29, 1.82) is 0 Å². The monoisotopic (exact) mass is 382 g/mol. The molecule has 0 unspecified atom stereocenters. The van der Waals surface area contributed by atoms with E-state index in [0.29, 0.717) is 6.42 Å². The lowest BCUT2D eigenvalue weighted by molar-refractivity contribution is -0.137. The van der Waals surface area contributed by atoms with E-state index in [-0.39, 0.29) is 16.9 Å². The maximum atomic E-state index is 10.4. The maximum Gasteiger partial charge on any atom is 0.335 e. The Labute approximate surface area is 159 Å². The van der Waals surface area contributed by atoms with Gasteiger partial charge in [-0.1, -0.05) is 58.3 Å². The van der Waals surface area contributed by atoms with Gasteiger partial charge in [-0.25, -0.2) is 9.59 Å². The van der Waals surface area contributed by atoms with E-state index in [0.717, 1.165) is 31.0 Å². The fraction of sp³-hybridized carbons (Fsp3) is 0.550. The summed E-state index contributed by atoms with van der Waals surface area (Å²) >= 11 is 0. The van der Waals surface area contributed by atoms with E-state index in [1.165, 1.54) is 44.9 Å². The minimum absolute atomic E-state index is 0.252. The first-order chi connectivity index (χ1) is 12.8. The third-order valence-electron chi connectivity index (χ3n) is 3.91. The zero-order chi connectivity index (χ0) is 20.7. The molecule has 1 rings (SSSR count). The molecule has 0 spiro atoms. The molecule has 0 heterocycles. The van der Waals surface area contributed by atoms with Gasteiger partial charge >= 0.3 is 17.9 Å². The van der Waals surface area contributed by atoms with E-state index in [1.807, 2.05) is 0 Å². The van der Waals surface area contributed by atoms with Gasteiger partial charge in [0.15, 0.2) is 0 Å². The van der Waals surface area contributed by atoms with E-state index in [9.17, 15) is 14.4 Å². The molecule has 7 nitrogen and oxygen atoms in total. The molecule has 0 saturated heterocycles. The van der Waals surface area contributed by atoms with E-state index < -0.39 is 17.9 Å². The second-order valence-corrected chi connectivity index (χ2v) is 6.35. The van der Waals surface area contributed by atoms with Crippen LogP contribution >= 0.6 is 0 Å². The van der Waals surface area contributed by atoms with E-state index in [1.54, 1.807) is 0 Å². The van der Waals surface area contributed by atoms with Gasteiger partial charge in [-0.2, -0.15) is 0 Å². The van der Waals surface area contributed by atoms with Crippen LogP contribution in [0.2, 0.25) is 0 Å². The van der Waals surface area contributed by atoms with Crippen molar-refractivity contribution in [2.24, 2.45) is 0 Å². The quantitative estimate of drug-likeness (QED) is 0.382. The van der Waals surface area contributed by atoms with Crippen molar-refractivity contribution in [2.75, 3.05) is 0 Å². The molecule has 0 aliphatic rings. The van der Waals surface area contributed by atoms with Crippen LogP contribution in [0.3, 0.4) is 0 Å². The molecule has 1 aromatic carbocycles. The van der Waals surface area contributed by atoms with Crippen LogP contribution in [-0.4, -0.2) is 38.3 Å². The van der Waals surface area contributed by atoms with E-state index in [4.69, 9.17) is 20.4 Å². The summed E-state index contributed by atoms with van der Waals surface area (Å²) in [5.74, 6) is -3.60. The lowest BCUT2D eigenvalue weighted by atomic mass is 10.1. The molecule has 1 aromatic rings. The van der Waals surface area contributed by atoms with Gasteiger partial charge in [0.2, 0.25) is 0 Å². The van der Waals surface area contributed by atoms with E-state index in [2.05, 4.69) is 6.92 Å². The van der Waals surface area contributed by atoms with Gasteiger partial charge in [0, 0.05) is 6.42 Å². The number of carboxylic acid groups (broad SMARTS) is 3. The third kappa shape index (κ3) is 13.3. The summed E-state index contributed by atoms with van der Waals surface area (Å²) in [6.07, 6.45) is 11.5. The second kappa shape index (κ2) is 14.6. The van der Waals surface area contributed by atoms with Crippen molar-refractivity contribution in [3.05, 3.63) is 29.3 Å². The summed E-state index contributed by atoms with van der Waals surface area (Å²) in [6.45, 7) is 2.23. The third-order valence-corrected chi connectivity index (χ3v) is 3.91. The number of aromatic hydroxyl groups is 1. The minimum Gasteiger partial charge on any atom is -0.508 e. The van der Waals surface area contributed by atoms with Crippen molar-refractivity contribution < 1.29 is 34.8 Å². The summed E-state index contributed by atoms with van der Waals surface area (Å²) in [5, 5.41) is 34.4. The number of rotatable bonds is 12. The van der Waals surface area contributed by atoms with Crippen LogP contribution < -0.4 is 0 Å². The van der Waals surface area contributed by atoms with Crippen LogP contribution in [0.15, 0.2) is 18.2 Å². The molecule has 0 bridgehead atoms. The minimum atomic E-state index is -1.28. The van der Waals surface area contributed by atoms with Crippen molar-refractivity contribution in [1.82, 2.24) is 0 Å². The first-order valence-electron chi connectivity index (χ1n) is 9.30. The van der Waals surface area contributed by atoms with Gasteiger partial charge in [0.25, 0.3) is 0 Å². The summed E-state index contributed by atoms with van der Waals surface area (Å²) in [5.41, 5.74) is -0.505. The van der Waals surface area contributed by atoms with Gasteiger partial charge in [0.05, 0.1) is 11.1 Å². The molecule has 0 amide bonds. The molecule has 0 aromatic heterocycles. The van der Waals surface area contributed by atoms with Gasteiger partial charge in [0.1, 0.15) is 5.75 Å². The van der Waals surface area contributed by atoms with Crippen molar-refractivity contribution in [3.8, 4) is 5.75 Å². The average molecular weight is 382 g/mol. The highest BCUT2D eigenvalue weighted by atomic mass is 16.4. The Morgan fingerprint density at radius 2 is 1.11 bits per heavy atom. The van der Waals surface area contributed by atoms with Crippen LogP contribution in [0.5, 0.6) is 5.75 Å². The number of carbonyl (C=O) groups is 3. The average Bonchev–Trinajstić information content (AvgIpc) is 2.60. The van der Waals surface area contributed by atoms with Crippen molar-refractivity contribution >= 4 is 17.9 Å². The van der Waals surface area contributed by atoms with Gasteiger partial charge in [-0.15, -0.1) is 0 Å². The zero-order valence-electron chi connectivity index (χ0n) is 15.8. The first kappa shape index (κ1) is 24.4. The molecule has 27 heavy (non-hydrogen) atoms. The molecular weight excluding hydrogens is 352 g/mol. The Bertz CT molecular complexity index is 564. The number of benzene rings is 1. The number of aromatic carboxylic acids is 2. The van der Waals surface area contributed by atoms with Crippen LogP contribution in [0.25, 0.3) is 0 Å². The maximum absolute atomic E-state index is 10.4. The fourth-order valence-corrected chi connectivity index (χ4v) is 2.45. The molecule has 0 radical (unpaired) electrons. The fourth-order valence-electron chi connectivity index (χ4n) is 2.45. The predicted molar refractivity (Wildman–Crippen MR) is 102 cm³/mol. The summed E-state index contributed by atoms with van der Waals surface area (Å²) in [7, 11) is 0. The topological polar surface area (TPSA) is 132 Å². The highest BCUT2D eigenvalue weighted by Crippen LogP contribution is 2.15. The lowest BCUT2D eigenvalue weighted by Gasteiger charge is -2.00. The molecule has 0 saturated carbocycles. The zero-order valence-corrected chi connectivity index (χ0v) is 15.8. The molecule has 0 aliphatic carbocycles. The van der Waals surface area contributed by atoms with Crippen molar-refractivity contribution in [3.63, 3.8) is 0 Å². The van der Waals surface area contributed by atoms with Gasteiger partial charge in [-0.05, 0) is 24.6 Å². The number of carboxylic acids is 3. The first-order valence-corrected chi connectivity index (χ1v) is 9.30. The SMILES string of the molecule is CCCCCCCCCCCC(=O)O.O=C(O)c1cc(O)cc(C(=O)O)c1. The number of hydrogen-bond acceptors (Lipinski definition) is 4. The Kier molecular flexibility index (Phi) is 13.2. The summed E-state index contributed by atoms with van der Waals surface area (Å²) in [6, 6.07) is 2.94. The normalized spacial score (nSPS) is 9.96. The number of unbranched alkanes of at least 4 members (excludes halogenated alkanes) is 8.